The quantitative estimate of drug-likeness (QED) is 0.721. The number of carbonyl (C=O) groups excluding carboxylic acids is 1. The van der Waals surface area contributed by atoms with E-state index in [1.165, 1.54) is 0 Å². The zero-order chi connectivity index (χ0) is 16.5. The Bertz CT molecular complexity index is 899. The van der Waals surface area contributed by atoms with Gasteiger partial charge in [0.25, 0.3) is 5.91 Å². The molecule has 24 heavy (non-hydrogen) atoms. The summed E-state index contributed by atoms with van der Waals surface area (Å²) in [5.74, 6) is 0.0665. The Labute approximate surface area is 141 Å². The van der Waals surface area contributed by atoms with E-state index in [1.54, 1.807) is 0 Å². The number of likely N-dealkylation sites (tertiary alicyclic amines) is 1. The number of amides is 1. The Balaban J connectivity index is 1.98. The molecule has 2 heterocycles. The summed E-state index contributed by atoms with van der Waals surface area (Å²) < 4.78 is 0. The predicted molar refractivity (Wildman–Crippen MR) is 94.8 cm³/mol. The summed E-state index contributed by atoms with van der Waals surface area (Å²) in [7, 11) is 0. The summed E-state index contributed by atoms with van der Waals surface area (Å²) in [5.41, 5.74) is 4.16. The van der Waals surface area contributed by atoms with Crippen LogP contribution in [0.5, 0.6) is 0 Å². The number of aryl methyl sites for hydroxylation is 1. The molecular formula is C20H19N3O. The fourth-order valence-electron chi connectivity index (χ4n) is 3.31. The lowest BCUT2D eigenvalue weighted by atomic mass is 9.99. The first-order valence-corrected chi connectivity index (χ1v) is 8.36. The molecule has 0 radical (unpaired) electrons. The fraction of sp³-hybridized carbons (Fsp3) is 0.250. The lowest BCUT2D eigenvalue weighted by Crippen LogP contribution is -2.28. The molecule has 1 aliphatic heterocycles. The molecule has 1 aromatic heterocycles. The van der Waals surface area contributed by atoms with Crippen molar-refractivity contribution in [2.24, 2.45) is 0 Å². The van der Waals surface area contributed by atoms with Gasteiger partial charge in [-0.15, -0.1) is 10.2 Å². The Morgan fingerprint density at radius 1 is 1.00 bits per heavy atom. The molecule has 0 N–H and O–H groups in total. The van der Waals surface area contributed by atoms with Gasteiger partial charge < -0.3 is 4.90 Å². The van der Waals surface area contributed by atoms with Crippen molar-refractivity contribution in [3.8, 4) is 11.3 Å². The molecule has 0 bridgehead atoms. The number of rotatable bonds is 2. The monoisotopic (exact) mass is 317 g/mol. The Morgan fingerprint density at radius 3 is 2.50 bits per heavy atom. The lowest BCUT2D eigenvalue weighted by Gasteiger charge is -2.18. The molecule has 120 valence electrons. The van der Waals surface area contributed by atoms with Gasteiger partial charge in [-0.25, -0.2) is 0 Å². The minimum atomic E-state index is 0.0665. The summed E-state index contributed by atoms with van der Waals surface area (Å²) in [6.45, 7) is 3.68. The number of aromatic nitrogens is 2. The number of hydrogen-bond acceptors (Lipinski definition) is 3. The second-order valence-corrected chi connectivity index (χ2v) is 6.31. The molecule has 1 aliphatic rings. The van der Waals surface area contributed by atoms with E-state index in [0.29, 0.717) is 11.3 Å². The zero-order valence-corrected chi connectivity index (χ0v) is 13.7. The van der Waals surface area contributed by atoms with E-state index >= 15 is 0 Å². The third kappa shape index (κ3) is 2.54. The third-order valence-corrected chi connectivity index (χ3v) is 4.57. The van der Waals surface area contributed by atoms with Crippen molar-refractivity contribution >= 4 is 16.8 Å². The summed E-state index contributed by atoms with van der Waals surface area (Å²) in [6.07, 6.45) is 2.14. The molecule has 4 nitrogen and oxygen atoms in total. The van der Waals surface area contributed by atoms with Gasteiger partial charge in [0.2, 0.25) is 0 Å². The van der Waals surface area contributed by atoms with Crippen molar-refractivity contribution in [2.75, 3.05) is 13.1 Å². The predicted octanol–water partition coefficient (Wildman–Crippen LogP) is 3.84. The van der Waals surface area contributed by atoms with Gasteiger partial charge in [-0.1, -0.05) is 42.0 Å². The molecule has 3 aromatic rings. The Kier molecular flexibility index (Phi) is 3.73. The average molecular weight is 317 g/mol. The van der Waals surface area contributed by atoms with Crippen molar-refractivity contribution in [1.82, 2.24) is 15.1 Å². The van der Waals surface area contributed by atoms with Crippen LogP contribution in [-0.4, -0.2) is 34.1 Å². The van der Waals surface area contributed by atoms with E-state index in [0.717, 1.165) is 48.0 Å². The topological polar surface area (TPSA) is 46.1 Å². The van der Waals surface area contributed by atoms with Crippen molar-refractivity contribution < 1.29 is 4.79 Å². The van der Waals surface area contributed by atoms with Gasteiger partial charge >= 0.3 is 0 Å². The molecule has 0 atom stereocenters. The second-order valence-electron chi connectivity index (χ2n) is 6.31. The molecule has 0 unspecified atom stereocenters. The van der Waals surface area contributed by atoms with Crippen LogP contribution in [0, 0.1) is 6.92 Å². The fourth-order valence-corrected chi connectivity index (χ4v) is 3.31. The molecule has 1 amide bonds. The van der Waals surface area contributed by atoms with Crippen LogP contribution in [-0.2, 0) is 0 Å². The Morgan fingerprint density at radius 2 is 1.75 bits per heavy atom. The molecule has 0 spiro atoms. The first-order valence-electron chi connectivity index (χ1n) is 8.36. The SMILES string of the molecule is Cc1ccc2nnc(-c3ccccc3)c(C(=O)N3CCCC3)c2c1. The maximum absolute atomic E-state index is 13.2. The summed E-state index contributed by atoms with van der Waals surface area (Å²) in [4.78, 5) is 15.2. The first kappa shape index (κ1) is 14.8. The van der Waals surface area contributed by atoms with E-state index in [-0.39, 0.29) is 5.91 Å². The maximum atomic E-state index is 13.2. The van der Waals surface area contributed by atoms with Gasteiger partial charge in [-0.05, 0) is 31.9 Å². The third-order valence-electron chi connectivity index (χ3n) is 4.57. The number of fused-ring (bicyclic) bond motifs is 1. The van der Waals surface area contributed by atoms with Crippen LogP contribution in [0.15, 0.2) is 48.5 Å². The van der Waals surface area contributed by atoms with E-state index in [4.69, 9.17) is 0 Å². The number of nitrogens with zero attached hydrogens (tertiary/aromatic N) is 3. The molecule has 1 saturated heterocycles. The van der Waals surface area contributed by atoms with E-state index in [2.05, 4.69) is 10.2 Å². The maximum Gasteiger partial charge on any atom is 0.256 e. The lowest BCUT2D eigenvalue weighted by molar-refractivity contribution is 0.0795. The van der Waals surface area contributed by atoms with Gasteiger partial charge in [0, 0.05) is 24.0 Å². The van der Waals surface area contributed by atoms with Crippen molar-refractivity contribution in [3.63, 3.8) is 0 Å². The normalized spacial score (nSPS) is 14.3. The minimum Gasteiger partial charge on any atom is -0.339 e. The largest absolute Gasteiger partial charge is 0.339 e. The smallest absolute Gasteiger partial charge is 0.256 e. The highest BCUT2D eigenvalue weighted by molar-refractivity contribution is 6.10. The first-order chi connectivity index (χ1) is 11.7. The molecular weight excluding hydrogens is 298 g/mol. The van der Waals surface area contributed by atoms with Gasteiger partial charge in [0.05, 0.1) is 11.1 Å². The van der Waals surface area contributed by atoms with Crippen LogP contribution < -0.4 is 0 Å². The highest BCUT2D eigenvalue weighted by Crippen LogP contribution is 2.29. The molecule has 2 aromatic carbocycles. The molecule has 0 saturated carbocycles. The van der Waals surface area contributed by atoms with Gasteiger partial charge in [-0.3, -0.25) is 4.79 Å². The van der Waals surface area contributed by atoms with Crippen molar-refractivity contribution in [1.29, 1.82) is 0 Å². The van der Waals surface area contributed by atoms with Crippen LogP contribution in [0.1, 0.15) is 28.8 Å². The number of benzene rings is 2. The second kappa shape index (κ2) is 6.04. The van der Waals surface area contributed by atoms with Gasteiger partial charge in [0.1, 0.15) is 5.69 Å². The number of carbonyl (C=O) groups is 1. The molecule has 4 heteroatoms. The Hall–Kier alpha value is -2.75. The van der Waals surface area contributed by atoms with Crippen molar-refractivity contribution in [2.45, 2.75) is 19.8 Å². The minimum absolute atomic E-state index is 0.0665. The molecule has 1 fully saturated rings. The van der Waals surface area contributed by atoms with Crippen LogP contribution in [0.3, 0.4) is 0 Å². The standard InChI is InChI=1S/C20H19N3O/c1-14-9-10-17-16(13-14)18(20(24)23-11-5-6-12-23)19(22-21-17)15-7-3-2-4-8-15/h2-4,7-10,13H,5-6,11-12H2,1H3. The van der Waals surface area contributed by atoms with Crippen LogP contribution in [0.2, 0.25) is 0 Å². The summed E-state index contributed by atoms with van der Waals surface area (Å²) in [5, 5.41) is 9.64. The molecule has 0 aliphatic carbocycles. The van der Waals surface area contributed by atoms with Crippen LogP contribution >= 0.6 is 0 Å². The van der Waals surface area contributed by atoms with Crippen LogP contribution in [0.25, 0.3) is 22.2 Å². The zero-order valence-electron chi connectivity index (χ0n) is 13.7. The van der Waals surface area contributed by atoms with E-state index in [1.807, 2.05) is 60.4 Å². The van der Waals surface area contributed by atoms with Crippen molar-refractivity contribution in [3.05, 3.63) is 59.7 Å². The average Bonchev–Trinajstić information content (AvgIpc) is 3.15. The van der Waals surface area contributed by atoms with Crippen LogP contribution in [0.4, 0.5) is 0 Å². The van der Waals surface area contributed by atoms with Gasteiger partial charge in [0.15, 0.2) is 0 Å². The van der Waals surface area contributed by atoms with E-state index in [9.17, 15) is 4.79 Å². The highest BCUT2D eigenvalue weighted by Gasteiger charge is 2.25. The van der Waals surface area contributed by atoms with E-state index < -0.39 is 0 Å². The number of hydrogen-bond donors (Lipinski definition) is 0. The highest BCUT2D eigenvalue weighted by atomic mass is 16.2. The molecule has 4 rings (SSSR count). The summed E-state index contributed by atoms with van der Waals surface area (Å²) >= 11 is 0. The summed E-state index contributed by atoms with van der Waals surface area (Å²) in [6, 6.07) is 15.8. The van der Waals surface area contributed by atoms with Gasteiger partial charge in [-0.2, -0.15) is 0 Å².